The van der Waals surface area contributed by atoms with Crippen molar-refractivity contribution in [3.8, 4) is 0 Å². The average Bonchev–Trinajstić information content (AvgIpc) is 2.87. The molecule has 1 aliphatic heterocycles. The van der Waals surface area contributed by atoms with Gasteiger partial charge < -0.3 is 14.8 Å². The molecule has 0 aromatic heterocycles. The van der Waals surface area contributed by atoms with Gasteiger partial charge in [-0.3, -0.25) is 9.59 Å². The summed E-state index contributed by atoms with van der Waals surface area (Å²) in [4.78, 5) is 22.7. The van der Waals surface area contributed by atoms with Gasteiger partial charge in [0.1, 0.15) is 6.61 Å². The summed E-state index contributed by atoms with van der Waals surface area (Å²) in [7, 11) is 1.43. The molecule has 1 saturated heterocycles. The van der Waals surface area contributed by atoms with Crippen molar-refractivity contribution < 1.29 is 19.1 Å². The van der Waals surface area contributed by atoms with Gasteiger partial charge in [0, 0.05) is 26.0 Å². The molecule has 2 N–H and O–H groups in total. The van der Waals surface area contributed by atoms with E-state index in [0.717, 1.165) is 19.4 Å². The number of nitrogens with zero attached hydrogens (tertiary/aromatic N) is 1. The fourth-order valence-electron chi connectivity index (χ4n) is 1.69. The van der Waals surface area contributed by atoms with Crippen LogP contribution >= 0.6 is 0 Å². The molecule has 1 heterocycles. The van der Waals surface area contributed by atoms with Gasteiger partial charge in [0.05, 0.1) is 12.5 Å². The van der Waals surface area contributed by atoms with Crippen molar-refractivity contribution in [1.29, 1.82) is 0 Å². The monoisotopic (exact) mass is 271 g/mol. The van der Waals surface area contributed by atoms with Gasteiger partial charge in [-0.05, 0) is 19.8 Å². The van der Waals surface area contributed by atoms with E-state index in [9.17, 15) is 9.59 Å². The Balaban J connectivity index is 2.18. The summed E-state index contributed by atoms with van der Waals surface area (Å²) in [5, 5.41) is 6.59. The Morgan fingerprint density at radius 1 is 1.42 bits per heavy atom. The van der Waals surface area contributed by atoms with Crippen LogP contribution in [0.15, 0.2) is 5.10 Å². The molecule has 7 nitrogen and oxygen atoms in total. The lowest BCUT2D eigenvalue weighted by Crippen LogP contribution is -2.33. The van der Waals surface area contributed by atoms with E-state index in [0.29, 0.717) is 12.3 Å². The van der Waals surface area contributed by atoms with E-state index < -0.39 is 0 Å². The second kappa shape index (κ2) is 8.60. The molecule has 1 rings (SSSR count). The highest BCUT2D eigenvalue weighted by Crippen LogP contribution is 2.10. The standard InChI is InChI=1S/C12H21N3O4/c1-9(14-15-12(17)8-18-2)6-11(16)13-7-10-4-3-5-19-10/h10H,3-8H2,1-2H3,(H,13,16)(H,15,17)/b14-9-/t10-/m0/s1. The molecule has 1 aliphatic rings. The van der Waals surface area contributed by atoms with Gasteiger partial charge in [-0.25, -0.2) is 5.43 Å². The molecular weight excluding hydrogens is 250 g/mol. The third-order valence-corrected chi connectivity index (χ3v) is 2.61. The fourth-order valence-corrected chi connectivity index (χ4v) is 1.69. The number of rotatable bonds is 7. The van der Waals surface area contributed by atoms with Gasteiger partial charge in [0.2, 0.25) is 5.91 Å². The maximum Gasteiger partial charge on any atom is 0.266 e. The second-order valence-corrected chi connectivity index (χ2v) is 4.43. The number of hydrazone groups is 1. The Bertz CT molecular complexity index is 338. The molecule has 0 aromatic carbocycles. The number of hydrogen-bond acceptors (Lipinski definition) is 5. The van der Waals surface area contributed by atoms with E-state index in [1.54, 1.807) is 6.92 Å². The van der Waals surface area contributed by atoms with Gasteiger partial charge >= 0.3 is 0 Å². The first kappa shape index (κ1) is 15.6. The highest BCUT2D eigenvalue weighted by molar-refractivity contribution is 6.00. The smallest absolute Gasteiger partial charge is 0.266 e. The normalized spacial score (nSPS) is 19.3. The minimum absolute atomic E-state index is 0.0536. The fraction of sp³-hybridized carbons (Fsp3) is 0.750. The topological polar surface area (TPSA) is 89.0 Å². The van der Waals surface area contributed by atoms with Crippen LogP contribution in [0.1, 0.15) is 26.2 Å². The van der Waals surface area contributed by atoms with E-state index in [2.05, 4.69) is 20.6 Å². The van der Waals surface area contributed by atoms with E-state index in [1.165, 1.54) is 7.11 Å². The average molecular weight is 271 g/mol. The summed E-state index contributed by atoms with van der Waals surface area (Å²) >= 11 is 0. The summed E-state index contributed by atoms with van der Waals surface area (Å²) in [6.45, 7) is 2.93. The Hall–Kier alpha value is -1.47. The molecule has 1 fully saturated rings. The van der Waals surface area contributed by atoms with Crippen LogP contribution < -0.4 is 10.7 Å². The zero-order valence-corrected chi connectivity index (χ0v) is 11.4. The van der Waals surface area contributed by atoms with Crippen LogP contribution in [0.5, 0.6) is 0 Å². The van der Waals surface area contributed by atoms with Crippen LogP contribution in [0.4, 0.5) is 0 Å². The maximum atomic E-state index is 11.6. The minimum atomic E-state index is -0.346. The highest BCUT2D eigenvalue weighted by Gasteiger charge is 2.16. The van der Waals surface area contributed by atoms with Crippen molar-refractivity contribution in [2.24, 2.45) is 5.10 Å². The first-order valence-electron chi connectivity index (χ1n) is 6.31. The maximum absolute atomic E-state index is 11.6. The van der Waals surface area contributed by atoms with Gasteiger partial charge in [-0.1, -0.05) is 0 Å². The molecule has 0 aromatic rings. The zero-order chi connectivity index (χ0) is 14.1. The number of carbonyl (C=O) groups excluding carboxylic acids is 2. The number of ether oxygens (including phenoxy) is 2. The molecule has 1 atom stereocenters. The molecule has 0 radical (unpaired) electrons. The molecule has 0 unspecified atom stereocenters. The van der Waals surface area contributed by atoms with Crippen LogP contribution in [0.3, 0.4) is 0 Å². The predicted octanol–water partition coefficient (Wildman–Crippen LogP) is -0.190. The van der Waals surface area contributed by atoms with E-state index in [1.807, 2.05) is 0 Å². The van der Waals surface area contributed by atoms with E-state index >= 15 is 0 Å². The molecule has 0 aliphatic carbocycles. The lowest BCUT2D eigenvalue weighted by atomic mass is 10.2. The summed E-state index contributed by atoms with van der Waals surface area (Å²) in [6, 6.07) is 0. The van der Waals surface area contributed by atoms with Crippen molar-refractivity contribution in [3.05, 3.63) is 0 Å². The first-order chi connectivity index (χ1) is 9.11. The molecule has 19 heavy (non-hydrogen) atoms. The van der Waals surface area contributed by atoms with Crippen LogP contribution in [0.2, 0.25) is 0 Å². The van der Waals surface area contributed by atoms with Crippen molar-refractivity contribution >= 4 is 17.5 Å². The van der Waals surface area contributed by atoms with Gasteiger partial charge in [0.15, 0.2) is 0 Å². The highest BCUT2D eigenvalue weighted by atomic mass is 16.5. The van der Waals surface area contributed by atoms with Crippen molar-refractivity contribution in [3.63, 3.8) is 0 Å². The van der Waals surface area contributed by atoms with Crippen molar-refractivity contribution in [2.45, 2.75) is 32.3 Å². The number of methoxy groups -OCH3 is 1. The van der Waals surface area contributed by atoms with Crippen LogP contribution in [-0.4, -0.2) is 50.5 Å². The van der Waals surface area contributed by atoms with Gasteiger partial charge in [-0.2, -0.15) is 5.10 Å². The Morgan fingerprint density at radius 3 is 2.84 bits per heavy atom. The quantitative estimate of drug-likeness (QED) is 0.496. The third-order valence-electron chi connectivity index (χ3n) is 2.61. The first-order valence-corrected chi connectivity index (χ1v) is 6.31. The summed E-state index contributed by atoms with van der Waals surface area (Å²) in [6.07, 6.45) is 2.31. The summed E-state index contributed by atoms with van der Waals surface area (Å²) in [5.74, 6) is -0.473. The number of amides is 2. The lowest BCUT2D eigenvalue weighted by Gasteiger charge is -2.10. The summed E-state index contributed by atoms with van der Waals surface area (Å²) < 4.78 is 10.0. The molecular formula is C12H21N3O4. The minimum Gasteiger partial charge on any atom is -0.376 e. The van der Waals surface area contributed by atoms with Crippen LogP contribution in [-0.2, 0) is 19.1 Å². The molecule has 0 bridgehead atoms. The molecule has 108 valence electrons. The van der Waals surface area contributed by atoms with E-state index in [-0.39, 0.29) is 30.9 Å². The SMILES string of the molecule is COCC(=O)N/N=C(/C)CC(=O)NC[C@@H]1CCCO1. The van der Waals surface area contributed by atoms with Gasteiger partial charge in [-0.15, -0.1) is 0 Å². The zero-order valence-electron chi connectivity index (χ0n) is 11.4. The third kappa shape index (κ3) is 6.88. The molecule has 0 spiro atoms. The molecule has 7 heteroatoms. The Labute approximate surface area is 112 Å². The number of carbonyl (C=O) groups is 2. The second-order valence-electron chi connectivity index (χ2n) is 4.43. The number of hydrogen-bond donors (Lipinski definition) is 2. The van der Waals surface area contributed by atoms with Crippen molar-refractivity contribution in [1.82, 2.24) is 10.7 Å². The van der Waals surface area contributed by atoms with Crippen molar-refractivity contribution in [2.75, 3.05) is 26.9 Å². The van der Waals surface area contributed by atoms with Crippen LogP contribution in [0.25, 0.3) is 0 Å². The van der Waals surface area contributed by atoms with E-state index in [4.69, 9.17) is 4.74 Å². The number of nitrogens with one attached hydrogen (secondary N) is 2. The Morgan fingerprint density at radius 2 is 2.21 bits per heavy atom. The van der Waals surface area contributed by atoms with Gasteiger partial charge in [0.25, 0.3) is 5.91 Å². The summed E-state index contributed by atoms with van der Waals surface area (Å²) in [5.41, 5.74) is 2.84. The molecule has 0 saturated carbocycles. The lowest BCUT2D eigenvalue weighted by molar-refractivity contribution is -0.125. The molecule has 2 amide bonds. The predicted molar refractivity (Wildman–Crippen MR) is 69.7 cm³/mol. The van der Waals surface area contributed by atoms with Crippen LogP contribution in [0, 0.1) is 0 Å². The Kier molecular flexibility index (Phi) is 7.06. The largest absolute Gasteiger partial charge is 0.376 e.